The van der Waals surface area contributed by atoms with Crippen LogP contribution in [0.1, 0.15) is 32.2 Å². The SMILES string of the molecule is Cn1c(=O)c2c(ncn2[C@@H]2CN(C(=O)[C@H]3CCCNC3)C[C@@H](O)C[C@@]2(C)O)n(C)c1=O. The summed E-state index contributed by atoms with van der Waals surface area (Å²) in [5, 5.41) is 25.1. The van der Waals surface area contributed by atoms with Crippen LogP contribution in [-0.4, -0.2) is 77.6 Å². The van der Waals surface area contributed by atoms with Crippen molar-refractivity contribution in [1.82, 2.24) is 28.9 Å². The topological polar surface area (TPSA) is 135 Å². The molecule has 170 valence electrons. The highest BCUT2D eigenvalue weighted by Gasteiger charge is 2.43. The molecule has 0 aromatic carbocycles. The molecule has 4 atom stereocenters. The number of nitrogens with one attached hydrogen (secondary N) is 1. The fraction of sp³-hybridized carbons (Fsp3) is 0.700. The normalized spacial score (nSPS) is 29.8. The number of carbonyl (C=O) groups excluding carboxylic acids is 1. The van der Waals surface area contributed by atoms with Crippen LogP contribution in [0.4, 0.5) is 0 Å². The summed E-state index contributed by atoms with van der Waals surface area (Å²) in [6, 6.07) is -0.722. The van der Waals surface area contributed by atoms with Crippen LogP contribution in [0.15, 0.2) is 15.9 Å². The van der Waals surface area contributed by atoms with E-state index in [9.17, 15) is 24.6 Å². The summed E-state index contributed by atoms with van der Waals surface area (Å²) in [5.74, 6) is -0.253. The van der Waals surface area contributed by atoms with Crippen molar-refractivity contribution >= 4 is 17.1 Å². The molecule has 31 heavy (non-hydrogen) atoms. The molecule has 2 saturated heterocycles. The molecule has 2 aliphatic rings. The average Bonchev–Trinajstić information content (AvgIpc) is 3.12. The van der Waals surface area contributed by atoms with Gasteiger partial charge in [0, 0.05) is 40.2 Å². The van der Waals surface area contributed by atoms with Gasteiger partial charge in [-0.2, -0.15) is 0 Å². The standard InChI is InChI=1S/C20H30N6O5/c1-20(31)7-13(27)9-25(17(28)12-5-4-6-21-8-12)10-14(20)26-11-22-16-15(26)18(29)24(3)19(30)23(16)2/h11-14,21,27,31H,4-10H2,1-3H3/t12-,13-,14+,20+/m0/s1. The highest BCUT2D eigenvalue weighted by molar-refractivity contribution is 5.79. The zero-order valence-electron chi connectivity index (χ0n) is 18.1. The zero-order valence-corrected chi connectivity index (χ0v) is 18.1. The molecule has 1 amide bonds. The lowest BCUT2D eigenvalue weighted by molar-refractivity contribution is -0.137. The minimum absolute atomic E-state index is 0.0378. The molecule has 2 fully saturated rings. The van der Waals surface area contributed by atoms with E-state index < -0.39 is 29.0 Å². The quantitative estimate of drug-likeness (QED) is 0.514. The first-order valence-corrected chi connectivity index (χ1v) is 10.6. The largest absolute Gasteiger partial charge is 0.391 e. The van der Waals surface area contributed by atoms with Crippen molar-refractivity contribution in [2.24, 2.45) is 20.0 Å². The number of piperidine rings is 1. The number of hydrogen-bond acceptors (Lipinski definition) is 7. The second-order valence-corrected chi connectivity index (χ2v) is 9.05. The van der Waals surface area contributed by atoms with E-state index >= 15 is 0 Å². The number of amides is 1. The summed E-state index contributed by atoms with van der Waals surface area (Å²) >= 11 is 0. The maximum Gasteiger partial charge on any atom is 0.332 e. The Hall–Kier alpha value is -2.50. The number of likely N-dealkylation sites (tertiary alicyclic amines) is 1. The fourth-order valence-electron chi connectivity index (χ4n) is 4.90. The van der Waals surface area contributed by atoms with Gasteiger partial charge >= 0.3 is 5.69 Å². The highest BCUT2D eigenvalue weighted by atomic mass is 16.3. The summed E-state index contributed by atoms with van der Waals surface area (Å²) in [6.45, 7) is 3.30. The van der Waals surface area contributed by atoms with Gasteiger partial charge in [-0.1, -0.05) is 0 Å². The molecular weight excluding hydrogens is 404 g/mol. The van der Waals surface area contributed by atoms with Crippen molar-refractivity contribution in [3.8, 4) is 0 Å². The molecule has 0 unspecified atom stereocenters. The van der Waals surface area contributed by atoms with Crippen LogP contribution >= 0.6 is 0 Å². The van der Waals surface area contributed by atoms with E-state index in [0.29, 0.717) is 6.54 Å². The van der Waals surface area contributed by atoms with E-state index in [-0.39, 0.29) is 42.5 Å². The van der Waals surface area contributed by atoms with Gasteiger partial charge in [0.05, 0.1) is 30.0 Å². The predicted octanol–water partition coefficient (Wildman–Crippen LogP) is -1.68. The third-order valence-electron chi connectivity index (χ3n) is 6.66. The molecule has 4 rings (SSSR count). The number of nitrogens with zero attached hydrogens (tertiary/aromatic N) is 5. The van der Waals surface area contributed by atoms with Gasteiger partial charge in [0.25, 0.3) is 5.56 Å². The maximum absolute atomic E-state index is 13.2. The second-order valence-electron chi connectivity index (χ2n) is 9.05. The Balaban J connectivity index is 1.79. The lowest BCUT2D eigenvalue weighted by Gasteiger charge is -2.35. The van der Waals surface area contributed by atoms with Crippen molar-refractivity contribution in [2.45, 2.75) is 43.9 Å². The number of β-amino-alcohol motifs (C(OH)–C–C–N with tert-alkyl or cyclic N) is 1. The van der Waals surface area contributed by atoms with Gasteiger partial charge in [0.2, 0.25) is 5.91 Å². The maximum atomic E-state index is 13.2. The van der Waals surface area contributed by atoms with E-state index in [2.05, 4.69) is 10.3 Å². The van der Waals surface area contributed by atoms with Crippen molar-refractivity contribution in [1.29, 1.82) is 0 Å². The third-order valence-corrected chi connectivity index (χ3v) is 6.66. The van der Waals surface area contributed by atoms with E-state index in [1.807, 2.05) is 0 Å². The summed E-state index contributed by atoms with van der Waals surface area (Å²) in [4.78, 5) is 44.2. The number of hydrogen-bond donors (Lipinski definition) is 3. The molecule has 0 spiro atoms. The van der Waals surface area contributed by atoms with Gasteiger partial charge in [-0.25, -0.2) is 9.78 Å². The van der Waals surface area contributed by atoms with Crippen molar-refractivity contribution < 1.29 is 15.0 Å². The first kappa shape index (κ1) is 21.7. The molecule has 3 N–H and O–H groups in total. The Bertz CT molecular complexity index is 1110. The van der Waals surface area contributed by atoms with Crippen LogP contribution in [0.25, 0.3) is 11.2 Å². The Morgan fingerprint density at radius 3 is 2.68 bits per heavy atom. The van der Waals surface area contributed by atoms with Crippen molar-refractivity contribution in [3.05, 3.63) is 27.2 Å². The van der Waals surface area contributed by atoms with E-state index in [1.54, 1.807) is 16.4 Å². The van der Waals surface area contributed by atoms with Crippen LogP contribution in [0.5, 0.6) is 0 Å². The summed E-state index contributed by atoms with van der Waals surface area (Å²) < 4.78 is 3.83. The van der Waals surface area contributed by atoms with Crippen LogP contribution in [-0.2, 0) is 18.9 Å². The molecule has 11 nitrogen and oxygen atoms in total. The molecule has 4 heterocycles. The van der Waals surface area contributed by atoms with Gasteiger partial charge < -0.3 is 25.0 Å². The van der Waals surface area contributed by atoms with Crippen molar-refractivity contribution in [2.75, 3.05) is 26.2 Å². The molecule has 2 aromatic rings. The highest BCUT2D eigenvalue weighted by Crippen LogP contribution is 2.33. The molecule has 0 bridgehead atoms. The molecule has 2 aliphatic heterocycles. The molecule has 0 saturated carbocycles. The first-order valence-electron chi connectivity index (χ1n) is 10.6. The number of aliphatic hydroxyl groups excluding tert-OH is 1. The second kappa shape index (κ2) is 7.88. The average molecular weight is 434 g/mol. The van der Waals surface area contributed by atoms with Crippen LogP contribution < -0.4 is 16.6 Å². The van der Waals surface area contributed by atoms with Gasteiger partial charge in [0.15, 0.2) is 11.2 Å². The van der Waals surface area contributed by atoms with Gasteiger partial charge in [-0.05, 0) is 26.3 Å². The third kappa shape index (κ3) is 3.70. The van der Waals surface area contributed by atoms with E-state index in [1.165, 1.54) is 25.0 Å². The monoisotopic (exact) mass is 434 g/mol. The fourth-order valence-corrected chi connectivity index (χ4v) is 4.90. The molecule has 2 aromatic heterocycles. The smallest absolute Gasteiger partial charge is 0.332 e. The Morgan fingerprint density at radius 1 is 1.26 bits per heavy atom. The molecular formula is C20H30N6O5. The summed E-state index contributed by atoms with van der Waals surface area (Å²) in [6.07, 6.45) is 2.24. The molecule has 0 aliphatic carbocycles. The van der Waals surface area contributed by atoms with E-state index in [4.69, 9.17) is 0 Å². The summed E-state index contributed by atoms with van der Waals surface area (Å²) in [5.41, 5.74) is -2.04. The Labute approximate surface area is 178 Å². The Morgan fingerprint density at radius 2 is 2.00 bits per heavy atom. The number of aliphatic hydroxyl groups is 2. The van der Waals surface area contributed by atoms with Crippen molar-refractivity contribution in [3.63, 3.8) is 0 Å². The number of aryl methyl sites for hydroxylation is 1. The zero-order chi connectivity index (χ0) is 22.5. The molecule has 0 radical (unpaired) electrons. The number of aromatic nitrogens is 4. The van der Waals surface area contributed by atoms with Gasteiger partial charge in [-0.15, -0.1) is 0 Å². The number of rotatable bonds is 2. The molecule has 11 heteroatoms. The number of carbonyl (C=O) groups is 1. The Kier molecular flexibility index (Phi) is 5.52. The lowest BCUT2D eigenvalue weighted by atomic mass is 9.91. The van der Waals surface area contributed by atoms with Gasteiger partial charge in [-0.3, -0.25) is 18.7 Å². The summed E-state index contributed by atoms with van der Waals surface area (Å²) in [7, 11) is 2.92. The first-order chi connectivity index (χ1) is 14.6. The van der Waals surface area contributed by atoms with E-state index in [0.717, 1.165) is 24.0 Å². The predicted molar refractivity (Wildman–Crippen MR) is 113 cm³/mol. The number of fused-ring (bicyclic) bond motifs is 1. The van der Waals surface area contributed by atoms with Gasteiger partial charge in [0.1, 0.15) is 0 Å². The van der Waals surface area contributed by atoms with Crippen LogP contribution in [0, 0.1) is 5.92 Å². The lowest BCUT2D eigenvalue weighted by Crippen LogP contribution is -2.47. The van der Waals surface area contributed by atoms with Crippen LogP contribution in [0.3, 0.4) is 0 Å². The minimum Gasteiger partial charge on any atom is -0.391 e. The van der Waals surface area contributed by atoms with Crippen LogP contribution in [0.2, 0.25) is 0 Å². The minimum atomic E-state index is -1.41. The number of imidazole rings is 1.